The Labute approximate surface area is 174 Å². The van der Waals surface area contributed by atoms with Gasteiger partial charge in [0.05, 0.1) is 18.9 Å². The average Bonchev–Trinajstić information content (AvgIpc) is 3.51. The number of aromatic nitrogens is 3. The molecule has 0 N–H and O–H groups in total. The second-order valence-electron chi connectivity index (χ2n) is 6.85. The van der Waals surface area contributed by atoms with Gasteiger partial charge in [-0.05, 0) is 49.6 Å². The summed E-state index contributed by atoms with van der Waals surface area (Å²) in [6, 6.07) is 17.3. The highest BCUT2D eigenvalue weighted by molar-refractivity contribution is 7.99. The van der Waals surface area contributed by atoms with Gasteiger partial charge in [-0.1, -0.05) is 42.1 Å². The summed E-state index contributed by atoms with van der Waals surface area (Å²) in [5.41, 5.74) is 1.19. The van der Waals surface area contributed by atoms with Crippen LogP contribution in [0.1, 0.15) is 37.1 Å². The minimum absolute atomic E-state index is 0.171. The molecular weight excluding hydrogens is 386 g/mol. The van der Waals surface area contributed by atoms with E-state index in [9.17, 15) is 4.79 Å². The summed E-state index contributed by atoms with van der Waals surface area (Å²) >= 11 is 1.36. The molecule has 0 saturated heterocycles. The van der Waals surface area contributed by atoms with Crippen LogP contribution in [0, 0.1) is 0 Å². The minimum Gasteiger partial charge on any atom is -0.494 e. The van der Waals surface area contributed by atoms with Crippen LogP contribution < -0.4 is 9.47 Å². The van der Waals surface area contributed by atoms with Gasteiger partial charge in [0.25, 0.3) is 0 Å². The van der Waals surface area contributed by atoms with E-state index < -0.39 is 0 Å². The van der Waals surface area contributed by atoms with Crippen LogP contribution in [0.25, 0.3) is 0 Å². The molecule has 0 amide bonds. The highest BCUT2D eigenvalue weighted by Crippen LogP contribution is 2.40. The van der Waals surface area contributed by atoms with Gasteiger partial charge < -0.3 is 14.0 Å². The molecule has 0 atom stereocenters. The molecule has 7 heteroatoms. The SMILES string of the molecule is CCOc1ccc(OC(=O)CSc2nnc(C3CC3)n2Cc2ccccc2)cc1. The lowest BCUT2D eigenvalue weighted by atomic mass is 10.2. The molecule has 1 fully saturated rings. The third kappa shape index (κ3) is 5.17. The fraction of sp³-hybridized carbons (Fsp3) is 0.318. The smallest absolute Gasteiger partial charge is 0.321 e. The van der Waals surface area contributed by atoms with Crippen molar-refractivity contribution in [2.24, 2.45) is 0 Å². The molecule has 0 bridgehead atoms. The summed E-state index contributed by atoms with van der Waals surface area (Å²) in [5, 5.41) is 9.48. The van der Waals surface area contributed by atoms with Crippen LogP contribution in [0.15, 0.2) is 59.8 Å². The summed E-state index contributed by atoms with van der Waals surface area (Å²) in [5.74, 6) is 2.60. The number of ether oxygens (including phenoxy) is 2. The van der Waals surface area contributed by atoms with Gasteiger partial charge in [-0.2, -0.15) is 0 Å². The monoisotopic (exact) mass is 409 g/mol. The normalized spacial score (nSPS) is 13.3. The third-order valence-corrected chi connectivity index (χ3v) is 5.50. The van der Waals surface area contributed by atoms with Crippen molar-refractivity contribution in [3.63, 3.8) is 0 Å². The molecule has 0 aliphatic heterocycles. The van der Waals surface area contributed by atoms with Crippen LogP contribution >= 0.6 is 11.8 Å². The first-order chi connectivity index (χ1) is 14.2. The van der Waals surface area contributed by atoms with Crippen LogP contribution in [-0.2, 0) is 11.3 Å². The first-order valence-corrected chi connectivity index (χ1v) is 10.7. The fourth-order valence-electron chi connectivity index (χ4n) is 3.02. The number of thioether (sulfide) groups is 1. The Morgan fingerprint density at radius 1 is 1.07 bits per heavy atom. The van der Waals surface area contributed by atoms with Crippen molar-refractivity contribution in [2.75, 3.05) is 12.4 Å². The highest BCUT2D eigenvalue weighted by atomic mass is 32.2. The van der Waals surface area contributed by atoms with E-state index in [1.165, 1.54) is 17.3 Å². The van der Waals surface area contributed by atoms with E-state index in [0.29, 0.717) is 24.8 Å². The summed E-state index contributed by atoms with van der Waals surface area (Å²) in [6.07, 6.45) is 2.30. The molecule has 4 rings (SSSR count). The first kappa shape index (κ1) is 19.5. The lowest BCUT2D eigenvalue weighted by molar-refractivity contribution is -0.131. The maximum Gasteiger partial charge on any atom is 0.321 e. The number of nitrogens with zero attached hydrogens (tertiary/aromatic N) is 3. The molecule has 29 heavy (non-hydrogen) atoms. The largest absolute Gasteiger partial charge is 0.494 e. The first-order valence-electron chi connectivity index (χ1n) is 9.76. The summed E-state index contributed by atoms with van der Waals surface area (Å²) in [6.45, 7) is 3.23. The lowest BCUT2D eigenvalue weighted by Crippen LogP contribution is -2.12. The molecule has 1 aliphatic carbocycles. The van der Waals surface area contributed by atoms with Gasteiger partial charge in [0.2, 0.25) is 0 Å². The van der Waals surface area contributed by atoms with E-state index >= 15 is 0 Å². The Bertz CT molecular complexity index is 953. The lowest BCUT2D eigenvalue weighted by Gasteiger charge is -2.10. The van der Waals surface area contributed by atoms with Crippen LogP contribution in [0.3, 0.4) is 0 Å². The van der Waals surface area contributed by atoms with Crippen LogP contribution in [-0.4, -0.2) is 33.1 Å². The van der Waals surface area contributed by atoms with Gasteiger partial charge >= 0.3 is 5.97 Å². The maximum atomic E-state index is 12.3. The second kappa shape index (κ2) is 9.13. The zero-order valence-electron chi connectivity index (χ0n) is 16.3. The predicted octanol–water partition coefficient (Wildman–Crippen LogP) is 4.30. The molecule has 0 radical (unpaired) electrons. The van der Waals surface area contributed by atoms with E-state index in [1.54, 1.807) is 24.3 Å². The van der Waals surface area contributed by atoms with E-state index in [2.05, 4.69) is 26.9 Å². The summed E-state index contributed by atoms with van der Waals surface area (Å²) in [4.78, 5) is 12.3. The Morgan fingerprint density at radius 2 is 1.79 bits per heavy atom. The average molecular weight is 410 g/mol. The molecule has 2 aromatic carbocycles. The van der Waals surface area contributed by atoms with Gasteiger partial charge in [0.1, 0.15) is 17.3 Å². The number of esters is 1. The minimum atomic E-state index is -0.318. The number of rotatable bonds is 9. The molecule has 1 aromatic heterocycles. The Hall–Kier alpha value is -2.80. The van der Waals surface area contributed by atoms with E-state index in [-0.39, 0.29) is 11.7 Å². The molecule has 150 valence electrons. The number of hydrogen-bond donors (Lipinski definition) is 0. The Morgan fingerprint density at radius 3 is 2.48 bits per heavy atom. The quantitative estimate of drug-likeness (QED) is 0.298. The molecule has 1 aliphatic rings. The van der Waals surface area contributed by atoms with Crippen molar-refractivity contribution in [1.82, 2.24) is 14.8 Å². The predicted molar refractivity (Wildman–Crippen MR) is 112 cm³/mol. The number of carbonyl (C=O) groups excluding carboxylic acids is 1. The van der Waals surface area contributed by atoms with Gasteiger partial charge in [0, 0.05) is 5.92 Å². The third-order valence-electron chi connectivity index (χ3n) is 4.56. The van der Waals surface area contributed by atoms with Gasteiger partial charge in [0.15, 0.2) is 5.16 Å². The number of hydrogen-bond acceptors (Lipinski definition) is 6. The molecule has 1 heterocycles. The molecule has 3 aromatic rings. The molecule has 0 unspecified atom stereocenters. The van der Waals surface area contributed by atoms with Crippen molar-refractivity contribution >= 4 is 17.7 Å². The zero-order chi connectivity index (χ0) is 20.1. The van der Waals surface area contributed by atoms with Crippen LogP contribution in [0.5, 0.6) is 11.5 Å². The Kier molecular flexibility index (Phi) is 6.14. The topological polar surface area (TPSA) is 66.2 Å². The van der Waals surface area contributed by atoms with Gasteiger partial charge in [-0.15, -0.1) is 10.2 Å². The van der Waals surface area contributed by atoms with Crippen molar-refractivity contribution in [2.45, 2.75) is 37.4 Å². The van der Waals surface area contributed by atoms with Gasteiger partial charge in [-0.3, -0.25) is 4.79 Å². The maximum absolute atomic E-state index is 12.3. The molecule has 6 nitrogen and oxygen atoms in total. The highest BCUT2D eigenvalue weighted by Gasteiger charge is 2.30. The van der Waals surface area contributed by atoms with E-state index in [0.717, 1.165) is 29.6 Å². The van der Waals surface area contributed by atoms with Crippen molar-refractivity contribution in [3.05, 3.63) is 66.0 Å². The summed E-state index contributed by atoms with van der Waals surface area (Å²) in [7, 11) is 0. The Balaban J connectivity index is 1.39. The van der Waals surface area contributed by atoms with Gasteiger partial charge in [-0.25, -0.2) is 0 Å². The van der Waals surface area contributed by atoms with E-state index in [1.807, 2.05) is 25.1 Å². The van der Waals surface area contributed by atoms with E-state index in [4.69, 9.17) is 9.47 Å². The number of carbonyl (C=O) groups is 1. The molecule has 1 saturated carbocycles. The molecular formula is C22H23N3O3S. The van der Waals surface area contributed by atoms with Crippen molar-refractivity contribution in [3.8, 4) is 11.5 Å². The van der Waals surface area contributed by atoms with Crippen molar-refractivity contribution < 1.29 is 14.3 Å². The van der Waals surface area contributed by atoms with Crippen molar-refractivity contribution in [1.29, 1.82) is 0 Å². The fourth-order valence-corrected chi connectivity index (χ4v) is 3.74. The summed E-state index contributed by atoms with van der Waals surface area (Å²) < 4.78 is 12.9. The zero-order valence-corrected chi connectivity index (χ0v) is 17.1. The second-order valence-corrected chi connectivity index (χ2v) is 7.80. The molecule has 0 spiro atoms. The number of benzene rings is 2. The van der Waals surface area contributed by atoms with Crippen LogP contribution in [0.4, 0.5) is 0 Å². The standard InChI is InChI=1S/C22H23N3O3S/c1-2-27-18-10-12-19(13-11-18)28-20(26)15-29-22-24-23-21(17-8-9-17)25(22)14-16-6-4-3-5-7-16/h3-7,10-13,17H,2,8-9,14-15H2,1H3. The van der Waals surface area contributed by atoms with Crippen LogP contribution in [0.2, 0.25) is 0 Å².